The number of aromatic carboxylic acids is 1. The number of hydrogen-bond donors (Lipinski definition) is 1. The summed E-state index contributed by atoms with van der Waals surface area (Å²) in [6.45, 7) is -0.0395. The molecule has 1 N–H and O–H groups in total. The van der Waals surface area contributed by atoms with Crippen LogP contribution in [0.3, 0.4) is 0 Å². The fourth-order valence-electron chi connectivity index (χ4n) is 1.37. The van der Waals surface area contributed by atoms with Crippen LogP contribution in [0.5, 0.6) is 5.75 Å². The maximum Gasteiger partial charge on any atom is 0.339 e. The minimum Gasteiger partial charge on any atom is -0.487 e. The second kappa shape index (κ2) is 5.75. The summed E-state index contributed by atoms with van der Waals surface area (Å²) in [6, 6.07) is 4.15. The number of carbonyl (C=O) groups is 1. The Hall–Kier alpha value is -2.02. The van der Waals surface area contributed by atoms with Crippen molar-refractivity contribution in [3.63, 3.8) is 0 Å². The summed E-state index contributed by atoms with van der Waals surface area (Å²) in [5.74, 6) is -1.12. The van der Waals surface area contributed by atoms with E-state index < -0.39 is 11.8 Å². The lowest BCUT2D eigenvalue weighted by molar-refractivity contribution is 0.0692. The molecule has 1 heterocycles. The lowest BCUT2D eigenvalue weighted by Gasteiger charge is -2.08. The summed E-state index contributed by atoms with van der Waals surface area (Å²) in [4.78, 5) is 18.4. The summed E-state index contributed by atoms with van der Waals surface area (Å²) >= 11 is 3.04. The van der Waals surface area contributed by atoms with E-state index in [4.69, 9.17) is 9.84 Å². The standard InChI is InChI=1S/C12H8BrFN2O3/c13-9-3-7(1-2-10(9)14)19-5-11-8(12(17)18)4-15-6-16-11/h1-4,6H,5H2,(H,17,18). The van der Waals surface area contributed by atoms with E-state index in [1.54, 1.807) is 0 Å². The van der Waals surface area contributed by atoms with Crippen molar-refractivity contribution in [2.24, 2.45) is 0 Å². The highest BCUT2D eigenvalue weighted by Gasteiger charge is 2.12. The number of rotatable bonds is 4. The van der Waals surface area contributed by atoms with Gasteiger partial charge in [0.2, 0.25) is 0 Å². The Labute approximate surface area is 116 Å². The van der Waals surface area contributed by atoms with Gasteiger partial charge >= 0.3 is 5.97 Å². The van der Waals surface area contributed by atoms with Crippen molar-refractivity contribution in [1.82, 2.24) is 9.97 Å². The number of carboxylic acids is 1. The Morgan fingerprint density at radius 3 is 2.95 bits per heavy atom. The predicted octanol–water partition coefficient (Wildman–Crippen LogP) is 2.66. The van der Waals surface area contributed by atoms with Crippen molar-refractivity contribution in [3.05, 3.63) is 52.3 Å². The third-order valence-electron chi connectivity index (χ3n) is 2.29. The first-order valence-corrected chi connectivity index (χ1v) is 5.97. The number of halogens is 2. The number of benzene rings is 1. The molecule has 1 aromatic carbocycles. The summed E-state index contributed by atoms with van der Waals surface area (Å²) in [6.07, 6.45) is 2.44. The van der Waals surface area contributed by atoms with E-state index in [1.165, 1.54) is 30.7 Å². The Morgan fingerprint density at radius 2 is 2.26 bits per heavy atom. The van der Waals surface area contributed by atoms with Crippen molar-refractivity contribution in [3.8, 4) is 5.75 Å². The third-order valence-corrected chi connectivity index (χ3v) is 2.90. The van der Waals surface area contributed by atoms with E-state index in [1.807, 2.05) is 0 Å². The van der Waals surface area contributed by atoms with Gasteiger partial charge in [-0.25, -0.2) is 19.2 Å². The number of hydrogen-bond acceptors (Lipinski definition) is 4. The molecule has 0 aliphatic heterocycles. The van der Waals surface area contributed by atoms with Crippen LogP contribution in [-0.4, -0.2) is 21.0 Å². The normalized spacial score (nSPS) is 10.2. The molecular weight excluding hydrogens is 319 g/mol. The predicted molar refractivity (Wildman–Crippen MR) is 67.4 cm³/mol. The minimum atomic E-state index is -1.13. The molecule has 98 valence electrons. The molecule has 0 saturated carbocycles. The number of nitrogens with zero attached hydrogens (tertiary/aromatic N) is 2. The number of carboxylic acid groups (broad SMARTS) is 1. The summed E-state index contributed by atoms with van der Waals surface area (Å²) < 4.78 is 18.7. The topological polar surface area (TPSA) is 72.3 Å². The molecule has 0 saturated heterocycles. The van der Waals surface area contributed by atoms with Crippen LogP contribution in [0.2, 0.25) is 0 Å². The van der Waals surface area contributed by atoms with E-state index in [0.29, 0.717) is 5.75 Å². The molecule has 19 heavy (non-hydrogen) atoms. The molecule has 2 aromatic rings. The number of aromatic nitrogens is 2. The average molecular weight is 327 g/mol. The highest BCUT2D eigenvalue weighted by molar-refractivity contribution is 9.10. The first kappa shape index (κ1) is 13.4. The van der Waals surface area contributed by atoms with Crippen LogP contribution in [-0.2, 0) is 6.61 Å². The van der Waals surface area contributed by atoms with Gasteiger partial charge < -0.3 is 9.84 Å². The molecule has 0 aliphatic carbocycles. The van der Waals surface area contributed by atoms with Crippen LogP contribution in [0.4, 0.5) is 4.39 Å². The molecule has 0 bridgehead atoms. The van der Waals surface area contributed by atoms with Crippen LogP contribution >= 0.6 is 15.9 Å². The third kappa shape index (κ3) is 3.25. The van der Waals surface area contributed by atoms with Crippen molar-refractivity contribution in [1.29, 1.82) is 0 Å². The van der Waals surface area contributed by atoms with Gasteiger partial charge in [0.25, 0.3) is 0 Å². The SMILES string of the molecule is O=C(O)c1cncnc1COc1ccc(F)c(Br)c1. The zero-order valence-electron chi connectivity index (χ0n) is 9.51. The Balaban J connectivity index is 2.14. The zero-order valence-corrected chi connectivity index (χ0v) is 11.1. The van der Waals surface area contributed by atoms with E-state index >= 15 is 0 Å². The second-order valence-corrected chi connectivity index (χ2v) is 4.41. The smallest absolute Gasteiger partial charge is 0.339 e. The highest BCUT2D eigenvalue weighted by atomic mass is 79.9. The molecule has 0 aliphatic rings. The zero-order chi connectivity index (χ0) is 13.8. The van der Waals surface area contributed by atoms with E-state index in [9.17, 15) is 9.18 Å². The lowest BCUT2D eigenvalue weighted by Crippen LogP contribution is -2.08. The van der Waals surface area contributed by atoms with Gasteiger partial charge in [0.15, 0.2) is 0 Å². The summed E-state index contributed by atoms with van der Waals surface area (Å²) in [5, 5.41) is 8.95. The van der Waals surface area contributed by atoms with Crippen molar-refractivity contribution in [2.75, 3.05) is 0 Å². The number of ether oxygens (including phenoxy) is 1. The molecule has 0 spiro atoms. The van der Waals surface area contributed by atoms with Gasteiger partial charge in [-0.1, -0.05) is 0 Å². The van der Waals surface area contributed by atoms with E-state index in [2.05, 4.69) is 25.9 Å². The summed E-state index contributed by atoms with van der Waals surface area (Å²) in [5.41, 5.74) is 0.228. The van der Waals surface area contributed by atoms with Crippen LogP contribution in [0.1, 0.15) is 16.1 Å². The molecule has 0 amide bonds. The molecule has 2 rings (SSSR count). The van der Waals surface area contributed by atoms with Gasteiger partial charge in [-0.3, -0.25) is 0 Å². The fraction of sp³-hybridized carbons (Fsp3) is 0.0833. The molecule has 7 heteroatoms. The maximum absolute atomic E-state index is 13.0. The average Bonchev–Trinajstić information content (AvgIpc) is 2.40. The molecule has 0 fully saturated rings. The van der Waals surface area contributed by atoms with E-state index in [0.717, 1.165) is 0 Å². The molecule has 1 aromatic heterocycles. The Morgan fingerprint density at radius 1 is 1.47 bits per heavy atom. The fourth-order valence-corrected chi connectivity index (χ4v) is 1.72. The quantitative estimate of drug-likeness (QED) is 0.935. The van der Waals surface area contributed by atoms with Gasteiger partial charge in [0, 0.05) is 6.20 Å². The monoisotopic (exact) mass is 326 g/mol. The molecule has 0 radical (unpaired) electrons. The van der Waals surface area contributed by atoms with Crippen molar-refractivity contribution < 1.29 is 19.0 Å². The molecule has 5 nitrogen and oxygen atoms in total. The van der Waals surface area contributed by atoms with Crippen molar-refractivity contribution >= 4 is 21.9 Å². The Bertz CT molecular complexity index is 622. The van der Waals surface area contributed by atoms with Gasteiger partial charge in [-0.15, -0.1) is 0 Å². The minimum absolute atomic E-state index is 0.0244. The largest absolute Gasteiger partial charge is 0.487 e. The van der Waals surface area contributed by atoms with Crippen LogP contribution in [0.15, 0.2) is 35.2 Å². The molecule has 0 unspecified atom stereocenters. The summed E-state index contributed by atoms with van der Waals surface area (Å²) in [7, 11) is 0. The maximum atomic E-state index is 13.0. The van der Waals surface area contributed by atoms with Crippen LogP contribution in [0.25, 0.3) is 0 Å². The lowest BCUT2D eigenvalue weighted by atomic mass is 10.2. The second-order valence-electron chi connectivity index (χ2n) is 3.55. The van der Waals surface area contributed by atoms with Crippen molar-refractivity contribution in [2.45, 2.75) is 6.61 Å². The highest BCUT2D eigenvalue weighted by Crippen LogP contribution is 2.22. The van der Waals surface area contributed by atoms with E-state index in [-0.39, 0.29) is 22.3 Å². The van der Waals surface area contributed by atoms with Gasteiger partial charge in [0.05, 0.1) is 10.2 Å². The van der Waals surface area contributed by atoms with Crippen LogP contribution in [0, 0.1) is 5.82 Å². The van der Waals surface area contributed by atoms with Gasteiger partial charge in [0.1, 0.15) is 30.1 Å². The van der Waals surface area contributed by atoms with Gasteiger partial charge in [-0.2, -0.15) is 0 Å². The van der Waals surface area contributed by atoms with Crippen LogP contribution < -0.4 is 4.74 Å². The Kier molecular flexibility index (Phi) is 4.06. The molecule has 0 atom stereocenters. The molecular formula is C12H8BrFN2O3. The first-order valence-electron chi connectivity index (χ1n) is 5.18. The van der Waals surface area contributed by atoms with Gasteiger partial charge in [-0.05, 0) is 34.1 Å². The first-order chi connectivity index (χ1) is 9.08.